The molecule has 1 saturated heterocycles. The number of piperazine rings is 1. The van der Waals surface area contributed by atoms with Gasteiger partial charge in [0.05, 0.1) is 4.90 Å². The van der Waals surface area contributed by atoms with Crippen LogP contribution >= 0.6 is 15.9 Å². The lowest BCUT2D eigenvalue weighted by atomic mass is 10.2. The molecule has 1 aliphatic rings. The van der Waals surface area contributed by atoms with Crippen LogP contribution in [0, 0.1) is 0 Å². The van der Waals surface area contributed by atoms with Crippen LogP contribution in [0.15, 0.2) is 45.9 Å². The number of H-pyrrole nitrogens is 1. The fraction of sp³-hybridized carbons (Fsp3) is 0.294. The number of nitrogens with one attached hydrogen (secondary N) is 1. The number of aromatic amines is 1. The summed E-state index contributed by atoms with van der Waals surface area (Å²) in [5.41, 5.74) is 0.819. The zero-order valence-corrected chi connectivity index (χ0v) is 16.5. The molecule has 138 valence electrons. The lowest BCUT2D eigenvalue weighted by Crippen LogP contribution is -2.50. The first-order chi connectivity index (χ1) is 12.3. The van der Waals surface area contributed by atoms with E-state index in [1.807, 2.05) is 0 Å². The average Bonchev–Trinajstić information content (AvgIpc) is 3.07. The van der Waals surface area contributed by atoms with Gasteiger partial charge >= 0.3 is 0 Å². The maximum atomic E-state index is 12.8. The first-order valence-corrected chi connectivity index (χ1v) is 10.3. The molecule has 1 aliphatic heterocycles. The Morgan fingerprint density at radius 1 is 1.12 bits per heavy atom. The Hall–Kier alpha value is -1.97. The van der Waals surface area contributed by atoms with E-state index in [4.69, 9.17) is 0 Å². The number of Topliss-reactive ketones (excluding diaryl/α,β-unsaturated/α-hetero) is 1. The van der Waals surface area contributed by atoms with Gasteiger partial charge in [-0.3, -0.25) is 9.59 Å². The normalized spacial score (nSPS) is 15.8. The van der Waals surface area contributed by atoms with Gasteiger partial charge in [-0.25, -0.2) is 8.42 Å². The zero-order valence-electron chi connectivity index (χ0n) is 14.1. The van der Waals surface area contributed by atoms with E-state index in [0.717, 1.165) is 4.47 Å². The van der Waals surface area contributed by atoms with Gasteiger partial charge in [0.2, 0.25) is 10.0 Å². The summed E-state index contributed by atoms with van der Waals surface area (Å²) in [4.78, 5) is 28.5. The van der Waals surface area contributed by atoms with E-state index in [1.165, 1.54) is 23.4 Å². The van der Waals surface area contributed by atoms with Crippen molar-refractivity contribution in [1.82, 2.24) is 14.2 Å². The number of hydrogen-bond donors (Lipinski definition) is 1. The number of aromatic nitrogens is 1. The largest absolute Gasteiger partial charge is 0.356 e. The van der Waals surface area contributed by atoms with E-state index in [-0.39, 0.29) is 29.7 Å². The van der Waals surface area contributed by atoms with Crippen molar-refractivity contribution >= 4 is 37.6 Å². The van der Waals surface area contributed by atoms with Gasteiger partial charge in [0.15, 0.2) is 5.78 Å². The summed E-state index contributed by atoms with van der Waals surface area (Å²) in [6.45, 7) is 2.43. The molecule has 7 nitrogen and oxygen atoms in total. The summed E-state index contributed by atoms with van der Waals surface area (Å²) >= 11 is 3.29. The molecular formula is C17H18BrN3O4S. The highest BCUT2D eigenvalue weighted by molar-refractivity contribution is 9.10. The molecule has 3 rings (SSSR count). The quantitative estimate of drug-likeness (QED) is 0.738. The standard InChI is InChI=1S/C17H18BrN3O4S/c1-12(22)13-3-2-4-15(9-13)26(24,25)21-7-5-20(6-8-21)17(23)16-10-14(18)11-19-16/h2-4,9-11,19H,5-8H2,1H3. The predicted molar refractivity (Wildman–Crippen MR) is 99.6 cm³/mol. The second kappa shape index (κ2) is 7.34. The third-order valence-corrected chi connectivity index (χ3v) is 6.63. The molecule has 0 aliphatic carbocycles. The average molecular weight is 440 g/mol. The molecule has 2 heterocycles. The van der Waals surface area contributed by atoms with E-state index >= 15 is 0 Å². The molecule has 9 heteroatoms. The van der Waals surface area contributed by atoms with Crippen LogP contribution in [0.2, 0.25) is 0 Å². The Morgan fingerprint density at radius 3 is 2.38 bits per heavy atom. The number of rotatable bonds is 4. The summed E-state index contributed by atoms with van der Waals surface area (Å²) in [7, 11) is -3.70. The second-order valence-electron chi connectivity index (χ2n) is 6.01. The minimum absolute atomic E-state index is 0.0956. The number of sulfonamides is 1. The number of carbonyl (C=O) groups is 2. The Labute approximate surface area is 160 Å². The minimum Gasteiger partial charge on any atom is -0.356 e. The first-order valence-electron chi connectivity index (χ1n) is 8.03. The smallest absolute Gasteiger partial charge is 0.270 e. The molecule has 1 fully saturated rings. The van der Waals surface area contributed by atoms with E-state index in [2.05, 4.69) is 20.9 Å². The molecule has 2 aromatic rings. The maximum absolute atomic E-state index is 12.8. The third-order valence-electron chi connectivity index (χ3n) is 4.28. The van der Waals surface area contributed by atoms with E-state index < -0.39 is 10.0 Å². The first kappa shape index (κ1) is 18.8. The summed E-state index contributed by atoms with van der Waals surface area (Å²) in [6, 6.07) is 7.72. The van der Waals surface area contributed by atoms with Crippen molar-refractivity contribution < 1.29 is 18.0 Å². The van der Waals surface area contributed by atoms with Crippen LogP contribution < -0.4 is 0 Å². The monoisotopic (exact) mass is 439 g/mol. The Balaban J connectivity index is 1.72. The van der Waals surface area contributed by atoms with Crippen molar-refractivity contribution in [2.24, 2.45) is 0 Å². The molecule has 0 saturated carbocycles. The zero-order chi connectivity index (χ0) is 18.9. The van der Waals surface area contributed by atoms with E-state index in [9.17, 15) is 18.0 Å². The van der Waals surface area contributed by atoms with Crippen LogP contribution in [-0.2, 0) is 10.0 Å². The Bertz CT molecular complexity index is 946. The molecule has 0 unspecified atom stereocenters. The van der Waals surface area contributed by atoms with Crippen molar-refractivity contribution in [3.8, 4) is 0 Å². The topological polar surface area (TPSA) is 90.6 Å². The van der Waals surface area contributed by atoms with Crippen LogP contribution in [0.5, 0.6) is 0 Å². The molecule has 1 aromatic heterocycles. The molecule has 1 aromatic carbocycles. The van der Waals surface area contributed by atoms with Crippen molar-refractivity contribution in [3.63, 3.8) is 0 Å². The van der Waals surface area contributed by atoms with Gasteiger partial charge in [-0.1, -0.05) is 12.1 Å². The van der Waals surface area contributed by atoms with Gasteiger partial charge < -0.3 is 9.88 Å². The predicted octanol–water partition coefficient (Wildman–Crippen LogP) is 2.13. The molecule has 0 spiro atoms. The van der Waals surface area contributed by atoms with Gasteiger partial charge in [0, 0.05) is 42.4 Å². The summed E-state index contributed by atoms with van der Waals surface area (Å²) in [5.74, 6) is -0.346. The van der Waals surface area contributed by atoms with Crippen molar-refractivity contribution in [2.75, 3.05) is 26.2 Å². The van der Waals surface area contributed by atoms with Gasteiger partial charge in [-0.2, -0.15) is 4.31 Å². The van der Waals surface area contributed by atoms with Crippen molar-refractivity contribution in [1.29, 1.82) is 0 Å². The van der Waals surface area contributed by atoms with E-state index in [1.54, 1.807) is 29.3 Å². The van der Waals surface area contributed by atoms with Crippen LogP contribution in [0.3, 0.4) is 0 Å². The Morgan fingerprint density at radius 2 is 1.81 bits per heavy atom. The number of hydrogen-bond acceptors (Lipinski definition) is 4. The second-order valence-corrected chi connectivity index (χ2v) is 8.87. The number of amides is 1. The number of nitrogens with zero attached hydrogens (tertiary/aromatic N) is 2. The van der Waals surface area contributed by atoms with E-state index in [0.29, 0.717) is 24.3 Å². The molecule has 0 atom stereocenters. The molecule has 1 amide bonds. The lowest BCUT2D eigenvalue weighted by molar-refractivity contribution is 0.0692. The lowest BCUT2D eigenvalue weighted by Gasteiger charge is -2.33. The number of carbonyl (C=O) groups excluding carboxylic acids is 2. The van der Waals surface area contributed by atoms with Crippen LogP contribution in [0.4, 0.5) is 0 Å². The van der Waals surface area contributed by atoms with Gasteiger partial charge in [-0.05, 0) is 41.1 Å². The van der Waals surface area contributed by atoms with Crippen LogP contribution in [-0.4, -0.2) is 60.5 Å². The van der Waals surface area contributed by atoms with Crippen LogP contribution in [0.25, 0.3) is 0 Å². The molecule has 1 N–H and O–H groups in total. The highest BCUT2D eigenvalue weighted by Crippen LogP contribution is 2.20. The SMILES string of the molecule is CC(=O)c1cccc(S(=O)(=O)N2CCN(C(=O)c3cc(Br)c[nH]3)CC2)c1. The highest BCUT2D eigenvalue weighted by Gasteiger charge is 2.31. The van der Waals surface area contributed by atoms with Gasteiger partial charge in [0.25, 0.3) is 5.91 Å². The molecular weight excluding hydrogens is 422 g/mol. The summed E-state index contributed by atoms with van der Waals surface area (Å²) in [6.07, 6.45) is 1.68. The number of benzene rings is 1. The van der Waals surface area contributed by atoms with Gasteiger partial charge in [0.1, 0.15) is 5.69 Å². The third kappa shape index (κ3) is 3.74. The molecule has 26 heavy (non-hydrogen) atoms. The Kier molecular flexibility index (Phi) is 5.31. The summed E-state index contributed by atoms with van der Waals surface area (Å²) < 4.78 is 27.8. The number of halogens is 1. The summed E-state index contributed by atoms with van der Waals surface area (Å²) in [5, 5.41) is 0. The minimum atomic E-state index is -3.70. The van der Waals surface area contributed by atoms with Gasteiger partial charge in [-0.15, -0.1) is 0 Å². The van der Waals surface area contributed by atoms with Crippen molar-refractivity contribution in [2.45, 2.75) is 11.8 Å². The maximum Gasteiger partial charge on any atom is 0.270 e. The highest BCUT2D eigenvalue weighted by atomic mass is 79.9. The fourth-order valence-corrected chi connectivity index (χ4v) is 4.63. The van der Waals surface area contributed by atoms with Crippen molar-refractivity contribution in [3.05, 3.63) is 52.3 Å². The van der Waals surface area contributed by atoms with Crippen LogP contribution in [0.1, 0.15) is 27.8 Å². The number of ketones is 1. The fourth-order valence-electron chi connectivity index (χ4n) is 2.82. The molecule has 0 radical (unpaired) electrons. The molecule has 0 bridgehead atoms.